The first-order valence-electron chi connectivity index (χ1n) is 9.53. The van der Waals surface area contributed by atoms with Crippen LogP contribution < -0.4 is 5.32 Å². The van der Waals surface area contributed by atoms with E-state index in [2.05, 4.69) is 5.32 Å². The molecule has 2 N–H and O–H groups in total. The number of aryl methyl sites for hydroxylation is 1. The van der Waals surface area contributed by atoms with Crippen molar-refractivity contribution < 1.29 is 19.4 Å². The largest absolute Gasteiger partial charge is 0.469 e. The molecule has 0 spiro atoms. The number of carbonyl (C=O) groups is 2. The van der Waals surface area contributed by atoms with Gasteiger partial charge in [-0.1, -0.05) is 56.3 Å². The topological polar surface area (TPSA) is 75.6 Å². The van der Waals surface area contributed by atoms with Crippen LogP contribution in [0.2, 0.25) is 0 Å². The van der Waals surface area contributed by atoms with Crippen LogP contribution in [0.4, 0.5) is 0 Å². The molecule has 28 heavy (non-hydrogen) atoms. The Morgan fingerprint density at radius 2 is 1.82 bits per heavy atom. The average molecular weight is 383 g/mol. The van der Waals surface area contributed by atoms with E-state index in [4.69, 9.17) is 4.74 Å². The van der Waals surface area contributed by atoms with Gasteiger partial charge in [-0.15, -0.1) is 0 Å². The number of carbonyl (C=O) groups excluding carboxylic acids is 2. The van der Waals surface area contributed by atoms with E-state index < -0.39 is 24.0 Å². The molecule has 1 unspecified atom stereocenters. The lowest BCUT2D eigenvalue weighted by molar-refractivity contribution is -0.141. The van der Waals surface area contributed by atoms with Crippen LogP contribution in [-0.2, 0) is 14.3 Å². The van der Waals surface area contributed by atoms with Gasteiger partial charge in [0.25, 0.3) is 0 Å². The Balaban J connectivity index is 2.31. The van der Waals surface area contributed by atoms with Gasteiger partial charge < -0.3 is 15.2 Å². The Morgan fingerprint density at radius 1 is 1.11 bits per heavy atom. The highest BCUT2D eigenvalue weighted by Crippen LogP contribution is 2.27. The van der Waals surface area contributed by atoms with Crippen molar-refractivity contribution in [3.63, 3.8) is 0 Å². The summed E-state index contributed by atoms with van der Waals surface area (Å²) in [5.41, 5.74) is 4.02. The normalized spacial score (nSPS) is 13.1. The summed E-state index contributed by atoms with van der Waals surface area (Å²) in [6.07, 6.45) is -0.756. The lowest BCUT2D eigenvalue weighted by atomic mass is 9.95. The number of hydrogen-bond acceptors (Lipinski definition) is 4. The minimum absolute atomic E-state index is 0.00609. The molecule has 0 fully saturated rings. The SMILES string of the molecule is COC(=O)CC(NC(=O)[C@H](O)CC(C)C)c1cccc(-c2ccccc2C)c1. The van der Waals surface area contributed by atoms with Crippen molar-refractivity contribution in [2.24, 2.45) is 5.92 Å². The van der Waals surface area contributed by atoms with Gasteiger partial charge in [0.05, 0.1) is 19.6 Å². The van der Waals surface area contributed by atoms with Gasteiger partial charge in [0, 0.05) is 0 Å². The molecule has 5 nitrogen and oxygen atoms in total. The first kappa shape index (κ1) is 21.6. The number of esters is 1. The number of methoxy groups -OCH3 is 1. The summed E-state index contributed by atoms with van der Waals surface area (Å²) in [6.45, 7) is 5.92. The van der Waals surface area contributed by atoms with E-state index >= 15 is 0 Å². The van der Waals surface area contributed by atoms with Crippen molar-refractivity contribution in [1.29, 1.82) is 0 Å². The molecule has 2 aromatic rings. The highest BCUT2D eigenvalue weighted by Gasteiger charge is 2.24. The number of ether oxygens (including phenoxy) is 1. The van der Waals surface area contributed by atoms with Gasteiger partial charge in [0.1, 0.15) is 6.10 Å². The van der Waals surface area contributed by atoms with Gasteiger partial charge in [-0.3, -0.25) is 9.59 Å². The lowest BCUT2D eigenvalue weighted by Gasteiger charge is -2.22. The van der Waals surface area contributed by atoms with Gasteiger partial charge in [-0.2, -0.15) is 0 Å². The third-order valence-electron chi connectivity index (χ3n) is 4.66. The molecule has 0 saturated carbocycles. The molecule has 5 heteroatoms. The number of aliphatic hydroxyl groups is 1. The molecule has 2 rings (SSSR count). The number of amides is 1. The van der Waals surface area contributed by atoms with Crippen LogP contribution in [0.5, 0.6) is 0 Å². The second-order valence-corrected chi connectivity index (χ2v) is 7.43. The maximum atomic E-state index is 12.4. The maximum absolute atomic E-state index is 12.4. The minimum Gasteiger partial charge on any atom is -0.469 e. The molecule has 150 valence electrons. The van der Waals surface area contributed by atoms with E-state index in [1.54, 1.807) is 0 Å². The van der Waals surface area contributed by atoms with E-state index in [1.807, 2.05) is 69.3 Å². The van der Waals surface area contributed by atoms with Crippen molar-refractivity contribution in [2.75, 3.05) is 7.11 Å². The van der Waals surface area contributed by atoms with Gasteiger partial charge in [-0.05, 0) is 47.6 Å². The summed E-state index contributed by atoms with van der Waals surface area (Å²) in [4.78, 5) is 24.3. The summed E-state index contributed by atoms with van der Waals surface area (Å²) in [7, 11) is 1.32. The number of benzene rings is 2. The highest BCUT2D eigenvalue weighted by molar-refractivity contribution is 5.82. The average Bonchev–Trinajstić information content (AvgIpc) is 2.67. The van der Waals surface area contributed by atoms with E-state index in [0.29, 0.717) is 6.42 Å². The molecule has 0 radical (unpaired) electrons. The number of rotatable bonds is 8. The zero-order valence-corrected chi connectivity index (χ0v) is 16.9. The molecule has 0 bridgehead atoms. The third kappa shape index (κ3) is 5.92. The van der Waals surface area contributed by atoms with E-state index in [0.717, 1.165) is 22.3 Å². The smallest absolute Gasteiger partial charge is 0.307 e. The summed E-state index contributed by atoms with van der Waals surface area (Å²) in [5, 5.41) is 12.9. The zero-order chi connectivity index (χ0) is 20.7. The molecule has 0 aliphatic rings. The summed E-state index contributed by atoms with van der Waals surface area (Å²) in [6, 6.07) is 15.2. The quantitative estimate of drug-likeness (QED) is 0.680. The predicted molar refractivity (Wildman–Crippen MR) is 110 cm³/mol. The fourth-order valence-corrected chi connectivity index (χ4v) is 3.14. The fraction of sp³-hybridized carbons (Fsp3) is 0.391. The second-order valence-electron chi connectivity index (χ2n) is 7.43. The Hall–Kier alpha value is -2.66. The summed E-state index contributed by atoms with van der Waals surface area (Å²) < 4.78 is 4.79. The molecule has 0 aliphatic heterocycles. The second kappa shape index (κ2) is 10.0. The summed E-state index contributed by atoms with van der Waals surface area (Å²) in [5.74, 6) is -0.724. The van der Waals surface area contributed by atoms with Crippen LogP contribution >= 0.6 is 0 Å². The molecular weight excluding hydrogens is 354 g/mol. The van der Waals surface area contributed by atoms with Gasteiger partial charge in [-0.25, -0.2) is 0 Å². The van der Waals surface area contributed by atoms with Crippen LogP contribution in [0.3, 0.4) is 0 Å². The first-order chi connectivity index (χ1) is 13.3. The van der Waals surface area contributed by atoms with Gasteiger partial charge in [0.2, 0.25) is 5.91 Å². The van der Waals surface area contributed by atoms with Crippen molar-refractivity contribution in [3.8, 4) is 11.1 Å². The van der Waals surface area contributed by atoms with Gasteiger partial charge >= 0.3 is 5.97 Å². The Bertz CT molecular complexity index is 816. The van der Waals surface area contributed by atoms with Gasteiger partial charge in [0.15, 0.2) is 0 Å². The summed E-state index contributed by atoms with van der Waals surface area (Å²) >= 11 is 0. The fourth-order valence-electron chi connectivity index (χ4n) is 3.14. The zero-order valence-electron chi connectivity index (χ0n) is 16.9. The maximum Gasteiger partial charge on any atom is 0.307 e. The van der Waals surface area contributed by atoms with Crippen molar-refractivity contribution in [1.82, 2.24) is 5.32 Å². The molecular formula is C23H29NO4. The Kier molecular flexibility index (Phi) is 7.76. The minimum atomic E-state index is -1.11. The molecule has 0 aliphatic carbocycles. The van der Waals surface area contributed by atoms with E-state index in [-0.39, 0.29) is 12.3 Å². The number of aliphatic hydroxyl groups excluding tert-OH is 1. The molecule has 0 saturated heterocycles. The monoisotopic (exact) mass is 383 g/mol. The molecule has 2 atom stereocenters. The molecule has 1 amide bonds. The van der Waals surface area contributed by atoms with Crippen LogP contribution in [0.15, 0.2) is 48.5 Å². The first-order valence-corrected chi connectivity index (χ1v) is 9.53. The van der Waals surface area contributed by atoms with Crippen LogP contribution in [0, 0.1) is 12.8 Å². The van der Waals surface area contributed by atoms with Crippen LogP contribution in [0.25, 0.3) is 11.1 Å². The molecule has 0 heterocycles. The van der Waals surface area contributed by atoms with Crippen LogP contribution in [0.1, 0.15) is 43.9 Å². The van der Waals surface area contributed by atoms with Crippen molar-refractivity contribution >= 4 is 11.9 Å². The van der Waals surface area contributed by atoms with Crippen molar-refractivity contribution in [2.45, 2.75) is 45.8 Å². The number of hydrogen-bond donors (Lipinski definition) is 2. The predicted octanol–water partition coefficient (Wildman–Crippen LogP) is 3.79. The number of nitrogens with one attached hydrogen (secondary N) is 1. The lowest BCUT2D eigenvalue weighted by Crippen LogP contribution is -2.38. The van der Waals surface area contributed by atoms with Crippen molar-refractivity contribution in [3.05, 3.63) is 59.7 Å². The Labute approximate surface area is 166 Å². The third-order valence-corrected chi connectivity index (χ3v) is 4.66. The van der Waals surface area contributed by atoms with E-state index in [1.165, 1.54) is 7.11 Å². The Morgan fingerprint density at radius 3 is 2.46 bits per heavy atom. The van der Waals surface area contributed by atoms with Crippen LogP contribution in [-0.4, -0.2) is 30.2 Å². The molecule has 2 aromatic carbocycles. The standard InChI is InChI=1S/C23H29NO4/c1-15(2)12-21(25)23(27)24-20(14-22(26)28-4)18-10-7-9-17(13-18)19-11-6-5-8-16(19)3/h5-11,13,15,20-21,25H,12,14H2,1-4H3,(H,24,27)/t20?,21-/m1/s1. The highest BCUT2D eigenvalue weighted by atomic mass is 16.5. The molecule has 0 aromatic heterocycles. The van der Waals surface area contributed by atoms with E-state index in [9.17, 15) is 14.7 Å².